The van der Waals surface area contributed by atoms with E-state index in [1.54, 1.807) is 18.2 Å². The second-order valence-corrected chi connectivity index (χ2v) is 8.26. The molecule has 0 radical (unpaired) electrons. The molecule has 30 heavy (non-hydrogen) atoms. The van der Waals surface area contributed by atoms with Crippen molar-refractivity contribution >= 4 is 11.9 Å². The van der Waals surface area contributed by atoms with Gasteiger partial charge in [0.2, 0.25) is 0 Å². The molecule has 0 aliphatic carbocycles. The Morgan fingerprint density at radius 2 is 1.80 bits per heavy atom. The molecule has 0 bridgehead atoms. The van der Waals surface area contributed by atoms with E-state index in [2.05, 4.69) is 10.6 Å². The zero-order valence-electron chi connectivity index (χ0n) is 17.8. The van der Waals surface area contributed by atoms with Crippen molar-refractivity contribution in [2.24, 2.45) is 0 Å². The highest BCUT2D eigenvalue weighted by Gasteiger charge is 2.25. The van der Waals surface area contributed by atoms with E-state index in [0.717, 1.165) is 30.5 Å². The Bertz CT molecular complexity index is 882. The number of carbonyl (C=O) groups excluding carboxylic acids is 2. The molecule has 6 heteroatoms. The lowest BCUT2D eigenvalue weighted by Crippen LogP contribution is -2.47. The lowest BCUT2D eigenvalue weighted by atomic mass is 9.89. The lowest BCUT2D eigenvalue weighted by molar-refractivity contribution is 0.0939. The minimum Gasteiger partial charge on any atom is -0.346 e. The number of carbonyl (C=O) groups is 2. The Balaban J connectivity index is 1.67. The highest BCUT2D eigenvalue weighted by Crippen LogP contribution is 2.28. The molecule has 1 saturated heterocycles. The lowest BCUT2D eigenvalue weighted by Gasteiger charge is -2.33. The molecule has 0 saturated carbocycles. The standard InChI is InChI=1S/C24H30FN3O2/c1-16(2)26-24(30)28-13-5-8-21(15-28)19-6-4-7-20(14-19)23(29)27-17(3)18-9-11-22(25)12-10-18/h4,6-7,9-12,14,16-17,21H,5,8,13,15H2,1-3H3,(H,26,30)(H,27,29)/t17-,21+/m0/s1. The summed E-state index contributed by atoms with van der Waals surface area (Å²) >= 11 is 0. The Hall–Kier alpha value is -2.89. The van der Waals surface area contributed by atoms with Crippen LogP contribution in [-0.4, -0.2) is 36.0 Å². The summed E-state index contributed by atoms with van der Waals surface area (Å²) in [7, 11) is 0. The van der Waals surface area contributed by atoms with Gasteiger partial charge in [-0.2, -0.15) is 0 Å². The number of piperidine rings is 1. The first kappa shape index (κ1) is 21.8. The van der Waals surface area contributed by atoms with Gasteiger partial charge in [-0.05, 0) is 69.0 Å². The predicted molar refractivity (Wildman–Crippen MR) is 116 cm³/mol. The summed E-state index contributed by atoms with van der Waals surface area (Å²) in [6.07, 6.45) is 1.93. The number of amides is 3. The number of hydrogen-bond acceptors (Lipinski definition) is 2. The number of likely N-dealkylation sites (tertiary alicyclic amines) is 1. The van der Waals surface area contributed by atoms with Crippen molar-refractivity contribution in [3.8, 4) is 0 Å². The highest BCUT2D eigenvalue weighted by atomic mass is 19.1. The fraction of sp³-hybridized carbons (Fsp3) is 0.417. The van der Waals surface area contributed by atoms with Gasteiger partial charge in [0, 0.05) is 30.6 Å². The molecule has 1 fully saturated rings. The van der Waals surface area contributed by atoms with Crippen molar-refractivity contribution in [2.45, 2.75) is 51.6 Å². The fourth-order valence-corrected chi connectivity index (χ4v) is 3.82. The molecule has 2 atom stereocenters. The molecule has 3 rings (SSSR count). The number of nitrogens with one attached hydrogen (secondary N) is 2. The Labute approximate surface area is 177 Å². The van der Waals surface area contributed by atoms with Crippen LogP contribution < -0.4 is 10.6 Å². The maximum atomic E-state index is 13.1. The van der Waals surface area contributed by atoms with Gasteiger partial charge in [0.25, 0.3) is 5.91 Å². The molecule has 5 nitrogen and oxygen atoms in total. The summed E-state index contributed by atoms with van der Waals surface area (Å²) in [5.41, 5.74) is 2.50. The van der Waals surface area contributed by atoms with Gasteiger partial charge in [-0.15, -0.1) is 0 Å². The number of halogens is 1. The molecule has 2 aromatic carbocycles. The third-order valence-corrected chi connectivity index (χ3v) is 5.46. The second-order valence-electron chi connectivity index (χ2n) is 8.26. The van der Waals surface area contributed by atoms with Crippen LogP contribution in [-0.2, 0) is 0 Å². The van der Waals surface area contributed by atoms with E-state index < -0.39 is 0 Å². The average molecular weight is 412 g/mol. The van der Waals surface area contributed by atoms with Gasteiger partial charge in [-0.1, -0.05) is 24.3 Å². The Morgan fingerprint density at radius 3 is 2.50 bits per heavy atom. The third kappa shape index (κ3) is 5.59. The maximum absolute atomic E-state index is 13.1. The molecule has 2 N–H and O–H groups in total. The summed E-state index contributed by atoms with van der Waals surface area (Å²) in [5, 5.41) is 5.93. The first-order chi connectivity index (χ1) is 14.3. The van der Waals surface area contributed by atoms with Crippen molar-refractivity contribution in [3.05, 3.63) is 71.0 Å². The SMILES string of the molecule is CC(C)NC(=O)N1CCC[C@@H](c2cccc(C(=O)N[C@@H](C)c3ccc(F)cc3)c2)C1. The molecule has 2 aromatic rings. The van der Waals surface area contributed by atoms with Gasteiger partial charge in [-0.25, -0.2) is 9.18 Å². The van der Waals surface area contributed by atoms with Crippen molar-refractivity contribution in [1.29, 1.82) is 0 Å². The van der Waals surface area contributed by atoms with E-state index in [-0.39, 0.29) is 35.8 Å². The van der Waals surface area contributed by atoms with Crippen LogP contribution in [0.5, 0.6) is 0 Å². The number of hydrogen-bond donors (Lipinski definition) is 2. The van der Waals surface area contributed by atoms with Crippen LogP contribution in [0.15, 0.2) is 48.5 Å². The minimum atomic E-state index is -0.298. The summed E-state index contributed by atoms with van der Waals surface area (Å²) in [6.45, 7) is 7.18. The van der Waals surface area contributed by atoms with Crippen LogP contribution in [0.1, 0.15) is 67.1 Å². The number of rotatable bonds is 5. The number of nitrogens with zero attached hydrogens (tertiary/aromatic N) is 1. The van der Waals surface area contributed by atoms with Crippen molar-refractivity contribution in [3.63, 3.8) is 0 Å². The van der Waals surface area contributed by atoms with Crippen molar-refractivity contribution < 1.29 is 14.0 Å². The van der Waals surface area contributed by atoms with Crippen LogP contribution in [0.2, 0.25) is 0 Å². The average Bonchev–Trinajstić information content (AvgIpc) is 2.74. The Morgan fingerprint density at radius 1 is 1.07 bits per heavy atom. The molecule has 1 aliphatic rings. The van der Waals surface area contributed by atoms with E-state index in [9.17, 15) is 14.0 Å². The first-order valence-corrected chi connectivity index (χ1v) is 10.5. The maximum Gasteiger partial charge on any atom is 0.317 e. The van der Waals surface area contributed by atoms with Crippen LogP contribution in [0.4, 0.5) is 9.18 Å². The molecular weight excluding hydrogens is 381 g/mol. The van der Waals surface area contributed by atoms with E-state index >= 15 is 0 Å². The van der Waals surface area contributed by atoms with Gasteiger partial charge in [-0.3, -0.25) is 4.79 Å². The van der Waals surface area contributed by atoms with E-state index in [0.29, 0.717) is 12.1 Å². The Kier molecular flexibility index (Phi) is 7.08. The molecule has 160 valence electrons. The smallest absolute Gasteiger partial charge is 0.317 e. The molecule has 3 amide bonds. The summed E-state index contributed by atoms with van der Waals surface area (Å²) in [4.78, 5) is 27.0. The van der Waals surface area contributed by atoms with Crippen LogP contribution in [0.3, 0.4) is 0 Å². The van der Waals surface area contributed by atoms with Gasteiger partial charge in [0.15, 0.2) is 0 Å². The van der Waals surface area contributed by atoms with Crippen LogP contribution >= 0.6 is 0 Å². The highest BCUT2D eigenvalue weighted by molar-refractivity contribution is 5.94. The monoisotopic (exact) mass is 411 g/mol. The van der Waals surface area contributed by atoms with Crippen LogP contribution in [0, 0.1) is 5.82 Å². The minimum absolute atomic E-state index is 0.0308. The fourth-order valence-electron chi connectivity index (χ4n) is 3.82. The van der Waals surface area contributed by atoms with E-state index in [4.69, 9.17) is 0 Å². The number of benzene rings is 2. The van der Waals surface area contributed by atoms with Gasteiger partial charge in [0.05, 0.1) is 6.04 Å². The predicted octanol–water partition coefficient (Wildman–Crippen LogP) is 4.61. The van der Waals surface area contributed by atoms with E-state index in [1.165, 1.54) is 12.1 Å². The molecule has 1 heterocycles. The molecule has 1 aliphatic heterocycles. The topological polar surface area (TPSA) is 61.4 Å². The summed E-state index contributed by atoms with van der Waals surface area (Å²) in [5.74, 6) is -0.258. The zero-order chi connectivity index (χ0) is 21.7. The van der Waals surface area contributed by atoms with Crippen molar-refractivity contribution in [1.82, 2.24) is 15.5 Å². The van der Waals surface area contributed by atoms with Crippen molar-refractivity contribution in [2.75, 3.05) is 13.1 Å². The van der Waals surface area contributed by atoms with Crippen LogP contribution in [0.25, 0.3) is 0 Å². The van der Waals surface area contributed by atoms with Gasteiger partial charge in [0.1, 0.15) is 5.82 Å². The van der Waals surface area contributed by atoms with Gasteiger partial charge < -0.3 is 15.5 Å². The zero-order valence-corrected chi connectivity index (χ0v) is 17.8. The second kappa shape index (κ2) is 9.74. The first-order valence-electron chi connectivity index (χ1n) is 10.5. The van der Waals surface area contributed by atoms with E-state index in [1.807, 2.05) is 43.9 Å². The quantitative estimate of drug-likeness (QED) is 0.755. The molecular formula is C24H30FN3O2. The van der Waals surface area contributed by atoms with Gasteiger partial charge >= 0.3 is 6.03 Å². The summed E-state index contributed by atoms with van der Waals surface area (Å²) < 4.78 is 13.1. The normalized spacial score (nSPS) is 17.5. The molecule has 0 unspecified atom stereocenters. The summed E-state index contributed by atoms with van der Waals surface area (Å²) in [6, 6.07) is 13.6. The number of urea groups is 1. The molecule has 0 aromatic heterocycles. The third-order valence-electron chi connectivity index (χ3n) is 5.46. The largest absolute Gasteiger partial charge is 0.346 e. The molecule has 0 spiro atoms.